The Morgan fingerprint density at radius 1 is 1.55 bits per heavy atom. The van der Waals surface area contributed by atoms with E-state index in [-0.39, 0.29) is 23.8 Å². The van der Waals surface area contributed by atoms with Gasteiger partial charge in [0, 0.05) is 13.0 Å². The number of carbonyl (C=O) groups is 2. The van der Waals surface area contributed by atoms with Crippen molar-refractivity contribution in [1.29, 1.82) is 0 Å². The minimum atomic E-state index is -0.244. The molecule has 0 spiro atoms. The quantitative estimate of drug-likeness (QED) is 0.533. The van der Waals surface area contributed by atoms with Crippen LogP contribution >= 0.6 is 0 Å². The first-order valence-electron chi connectivity index (χ1n) is 3.64. The second kappa shape index (κ2) is 2.62. The lowest BCUT2D eigenvalue weighted by Gasteiger charge is -2.10. The van der Waals surface area contributed by atoms with E-state index in [1.165, 1.54) is 6.92 Å². The number of carbonyl (C=O) groups excluding carboxylic acids is 2. The highest BCUT2D eigenvalue weighted by Crippen LogP contribution is 2.14. The summed E-state index contributed by atoms with van der Waals surface area (Å²) in [6.07, 6.45) is 0. The smallest absolute Gasteiger partial charge is 0.248 e. The van der Waals surface area contributed by atoms with Crippen LogP contribution in [0.3, 0.4) is 0 Å². The van der Waals surface area contributed by atoms with Crippen molar-refractivity contribution in [3.05, 3.63) is 0 Å². The maximum absolute atomic E-state index is 11.2. The molecular weight excluding hydrogens is 144 g/mol. The zero-order valence-electron chi connectivity index (χ0n) is 6.92. The summed E-state index contributed by atoms with van der Waals surface area (Å²) in [5.74, 6) is -0.477. The molecule has 0 radical (unpaired) electrons. The molecule has 0 aromatic carbocycles. The normalized spacial score (nSPS) is 31.2. The van der Waals surface area contributed by atoms with Crippen LogP contribution in [0.1, 0.15) is 20.8 Å². The lowest BCUT2D eigenvalue weighted by molar-refractivity contribution is -0.144. The fourth-order valence-electron chi connectivity index (χ4n) is 1.04. The maximum Gasteiger partial charge on any atom is 0.248 e. The van der Waals surface area contributed by atoms with Gasteiger partial charge in [-0.05, 0) is 6.92 Å². The van der Waals surface area contributed by atoms with E-state index in [0.29, 0.717) is 0 Å². The van der Waals surface area contributed by atoms with Crippen molar-refractivity contribution in [3.8, 4) is 0 Å². The van der Waals surface area contributed by atoms with Gasteiger partial charge < -0.3 is 0 Å². The Kier molecular flexibility index (Phi) is 1.95. The first-order valence-corrected chi connectivity index (χ1v) is 3.64. The van der Waals surface area contributed by atoms with Crippen LogP contribution in [-0.2, 0) is 9.59 Å². The lowest BCUT2D eigenvalue weighted by Crippen LogP contribution is -2.40. The van der Waals surface area contributed by atoms with E-state index in [4.69, 9.17) is 0 Å². The Bertz CT molecular complexity index is 203. The van der Waals surface area contributed by atoms with Gasteiger partial charge in [0.05, 0.1) is 5.92 Å². The summed E-state index contributed by atoms with van der Waals surface area (Å²) in [5.41, 5.74) is 2.79. The van der Waals surface area contributed by atoms with Crippen molar-refractivity contribution in [2.45, 2.75) is 26.8 Å². The van der Waals surface area contributed by atoms with Crippen molar-refractivity contribution in [1.82, 2.24) is 10.4 Å². The van der Waals surface area contributed by atoms with Crippen molar-refractivity contribution in [3.63, 3.8) is 0 Å². The molecule has 2 amide bonds. The fraction of sp³-hybridized carbons (Fsp3) is 0.714. The molecule has 0 aliphatic carbocycles. The van der Waals surface area contributed by atoms with Gasteiger partial charge >= 0.3 is 0 Å². The molecule has 1 aliphatic heterocycles. The summed E-state index contributed by atoms with van der Waals surface area (Å²) in [6, 6.07) is 0.0615. The number of nitrogens with zero attached hydrogens (tertiary/aromatic N) is 1. The molecular formula is C7H12N2O2. The van der Waals surface area contributed by atoms with Crippen LogP contribution in [0.5, 0.6) is 0 Å². The summed E-state index contributed by atoms with van der Waals surface area (Å²) in [6.45, 7) is 5.06. The van der Waals surface area contributed by atoms with Gasteiger partial charge in [0.25, 0.3) is 0 Å². The molecule has 1 aliphatic rings. The molecule has 4 heteroatoms. The van der Waals surface area contributed by atoms with Gasteiger partial charge in [-0.15, -0.1) is 0 Å². The van der Waals surface area contributed by atoms with Crippen LogP contribution in [0.25, 0.3) is 0 Å². The minimum Gasteiger partial charge on any atom is -0.273 e. The SMILES string of the molecule is CC(=O)N1N[C@@H](C)[C@@H](C)C1=O. The number of amides is 2. The van der Waals surface area contributed by atoms with Gasteiger partial charge in [-0.1, -0.05) is 6.92 Å². The summed E-state index contributed by atoms with van der Waals surface area (Å²) >= 11 is 0. The van der Waals surface area contributed by atoms with E-state index in [0.717, 1.165) is 5.01 Å². The molecule has 1 rings (SSSR count). The molecule has 62 valence electrons. The number of hydrogen-bond donors (Lipinski definition) is 1. The highest BCUT2D eigenvalue weighted by Gasteiger charge is 2.36. The largest absolute Gasteiger partial charge is 0.273 e. The average molecular weight is 156 g/mol. The Morgan fingerprint density at radius 2 is 2.09 bits per heavy atom. The van der Waals surface area contributed by atoms with Crippen LogP contribution in [0, 0.1) is 5.92 Å². The zero-order valence-corrected chi connectivity index (χ0v) is 6.92. The Labute approximate surface area is 65.5 Å². The Morgan fingerprint density at radius 3 is 2.27 bits per heavy atom. The van der Waals surface area contributed by atoms with E-state index >= 15 is 0 Å². The molecule has 1 N–H and O–H groups in total. The van der Waals surface area contributed by atoms with Crippen LogP contribution in [-0.4, -0.2) is 22.9 Å². The van der Waals surface area contributed by atoms with Crippen LogP contribution in [0.2, 0.25) is 0 Å². The van der Waals surface area contributed by atoms with Crippen molar-refractivity contribution >= 4 is 11.8 Å². The molecule has 0 saturated carbocycles. The second-order valence-corrected chi connectivity index (χ2v) is 2.90. The van der Waals surface area contributed by atoms with Crippen LogP contribution in [0.15, 0.2) is 0 Å². The lowest BCUT2D eigenvalue weighted by atomic mass is 10.1. The molecule has 0 bridgehead atoms. The fourth-order valence-corrected chi connectivity index (χ4v) is 1.04. The minimum absolute atomic E-state index is 0.0615. The molecule has 0 aromatic heterocycles. The van der Waals surface area contributed by atoms with Gasteiger partial charge in [0.1, 0.15) is 0 Å². The van der Waals surface area contributed by atoms with E-state index in [2.05, 4.69) is 5.43 Å². The van der Waals surface area contributed by atoms with Gasteiger partial charge in [0.2, 0.25) is 11.8 Å². The predicted molar refractivity (Wildman–Crippen MR) is 39.3 cm³/mol. The summed E-state index contributed by atoms with van der Waals surface area (Å²) < 4.78 is 0. The summed E-state index contributed by atoms with van der Waals surface area (Å²) in [7, 11) is 0. The molecule has 0 unspecified atom stereocenters. The van der Waals surface area contributed by atoms with E-state index in [1.54, 1.807) is 0 Å². The Hall–Kier alpha value is -0.900. The van der Waals surface area contributed by atoms with Gasteiger partial charge in [-0.3, -0.25) is 9.59 Å². The third-order valence-electron chi connectivity index (χ3n) is 2.01. The zero-order chi connectivity index (χ0) is 8.59. The number of hydrogen-bond acceptors (Lipinski definition) is 3. The number of imide groups is 1. The highest BCUT2D eigenvalue weighted by molar-refractivity contribution is 5.96. The summed E-state index contributed by atoms with van der Waals surface area (Å²) in [5, 5.41) is 1.08. The predicted octanol–water partition coefficient (Wildman–Crippen LogP) is -0.0957. The topological polar surface area (TPSA) is 49.4 Å². The average Bonchev–Trinajstić information content (AvgIpc) is 2.17. The van der Waals surface area contributed by atoms with Crippen LogP contribution in [0.4, 0.5) is 0 Å². The van der Waals surface area contributed by atoms with Crippen LogP contribution < -0.4 is 5.43 Å². The monoisotopic (exact) mass is 156 g/mol. The first kappa shape index (κ1) is 8.20. The molecule has 1 fully saturated rings. The third-order valence-corrected chi connectivity index (χ3v) is 2.01. The van der Waals surface area contributed by atoms with E-state index < -0.39 is 0 Å². The van der Waals surface area contributed by atoms with Gasteiger partial charge in [0.15, 0.2) is 0 Å². The second-order valence-electron chi connectivity index (χ2n) is 2.90. The molecule has 11 heavy (non-hydrogen) atoms. The molecule has 1 heterocycles. The summed E-state index contributed by atoms with van der Waals surface area (Å²) in [4.78, 5) is 22.0. The van der Waals surface area contributed by atoms with Crippen molar-refractivity contribution in [2.75, 3.05) is 0 Å². The molecule has 2 atom stereocenters. The standard InChI is InChI=1S/C7H12N2O2/c1-4-5(2)8-9(6(3)10)7(4)11/h4-5,8H,1-3H3/t4-,5+/m1/s1. The van der Waals surface area contributed by atoms with Gasteiger partial charge in [-0.2, -0.15) is 0 Å². The van der Waals surface area contributed by atoms with Gasteiger partial charge in [-0.25, -0.2) is 10.4 Å². The maximum atomic E-state index is 11.2. The van der Waals surface area contributed by atoms with E-state index in [1.807, 2.05) is 13.8 Å². The molecule has 1 saturated heterocycles. The molecule has 0 aromatic rings. The molecule has 4 nitrogen and oxygen atoms in total. The first-order chi connectivity index (χ1) is 5.04. The van der Waals surface area contributed by atoms with Crippen molar-refractivity contribution < 1.29 is 9.59 Å². The highest BCUT2D eigenvalue weighted by atomic mass is 16.2. The Balaban J connectivity index is 2.75. The van der Waals surface area contributed by atoms with Crippen molar-refractivity contribution in [2.24, 2.45) is 5.92 Å². The number of hydrazine groups is 1. The number of rotatable bonds is 0. The number of nitrogens with one attached hydrogen (secondary N) is 1. The van der Waals surface area contributed by atoms with E-state index in [9.17, 15) is 9.59 Å². The third kappa shape index (κ3) is 1.26.